The van der Waals surface area contributed by atoms with Crippen LogP contribution in [0.3, 0.4) is 0 Å². The maximum absolute atomic E-state index is 9.30. The molecule has 1 aromatic heterocycles. The van der Waals surface area contributed by atoms with E-state index in [1.807, 2.05) is 38.1 Å². The Bertz CT molecular complexity index is 937. The van der Waals surface area contributed by atoms with Crippen molar-refractivity contribution in [2.24, 2.45) is 0 Å². The van der Waals surface area contributed by atoms with Gasteiger partial charge >= 0.3 is 0 Å². The van der Waals surface area contributed by atoms with Crippen LogP contribution in [0.25, 0.3) is 0 Å². The largest absolute Gasteiger partial charge is 0.438 e. The van der Waals surface area contributed by atoms with Crippen LogP contribution in [0.1, 0.15) is 33.6 Å². The summed E-state index contributed by atoms with van der Waals surface area (Å²) >= 11 is 0. The molecule has 3 rings (SSSR count). The van der Waals surface area contributed by atoms with E-state index in [0.717, 1.165) is 28.0 Å². The molecule has 1 heterocycles. The van der Waals surface area contributed by atoms with Crippen LogP contribution in [0.2, 0.25) is 0 Å². The summed E-state index contributed by atoms with van der Waals surface area (Å²) in [6, 6.07) is 15.0. The van der Waals surface area contributed by atoms with Gasteiger partial charge in [0.15, 0.2) is 0 Å². The van der Waals surface area contributed by atoms with E-state index in [4.69, 9.17) is 10.00 Å². The summed E-state index contributed by atoms with van der Waals surface area (Å²) in [6.45, 7) is 3.89. The molecule has 0 fully saturated rings. The zero-order valence-electron chi connectivity index (χ0n) is 14.7. The van der Waals surface area contributed by atoms with E-state index in [-0.39, 0.29) is 6.61 Å². The molecule has 2 aromatic carbocycles. The van der Waals surface area contributed by atoms with E-state index in [2.05, 4.69) is 16.0 Å². The van der Waals surface area contributed by atoms with Gasteiger partial charge < -0.3 is 9.84 Å². The molecule has 1 N–H and O–H groups in total. The van der Waals surface area contributed by atoms with Crippen LogP contribution in [-0.2, 0) is 13.0 Å². The van der Waals surface area contributed by atoms with Gasteiger partial charge in [-0.1, -0.05) is 24.3 Å². The number of benzene rings is 2. The molecule has 0 atom stereocenters. The van der Waals surface area contributed by atoms with Crippen LogP contribution in [0, 0.1) is 25.2 Å². The quantitative estimate of drug-likeness (QED) is 0.760. The van der Waals surface area contributed by atoms with Gasteiger partial charge in [0, 0.05) is 18.7 Å². The molecule has 0 radical (unpaired) electrons. The third-order valence-electron chi connectivity index (χ3n) is 4.03. The summed E-state index contributed by atoms with van der Waals surface area (Å²) in [5.41, 5.74) is 4.41. The number of aliphatic hydroxyl groups excluding tert-OH is 1. The Morgan fingerprint density at radius 1 is 1.04 bits per heavy atom. The minimum atomic E-state index is 0.00417. The number of nitriles is 1. The number of aliphatic hydroxyl groups is 1. The lowest BCUT2D eigenvalue weighted by molar-refractivity contribution is 0.281. The third kappa shape index (κ3) is 4.05. The fraction of sp³-hybridized carbons (Fsp3) is 0.190. The van der Waals surface area contributed by atoms with E-state index < -0.39 is 0 Å². The zero-order chi connectivity index (χ0) is 18.5. The first-order valence-electron chi connectivity index (χ1n) is 8.29. The monoisotopic (exact) mass is 345 g/mol. The predicted molar refractivity (Wildman–Crippen MR) is 97.9 cm³/mol. The number of nitrogens with zero attached hydrogens (tertiary/aromatic N) is 3. The average Bonchev–Trinajstić information content (AvgIpc) is 2.65. The molecule has 0 spiro atoms. The molecule has 0 aliphatic carbocycles. The van der Waals surface area contributed by atoms with Crippen molar-refractivity contribution in [1.29, 1.82) is 5.26 Å². The Kier molecular flexibility index (Phi) is 5.26. The number of hydrogen-bond donors (Lipinski definition) is 1. The van der Waals surface area contributed by atoms with Gasteiger partial charge in [0.1, 0.15) is 11.6 Å². The van der Waals surface area contributed by atoms with Gasteiger partial charge in [-0.05, 0) is 48.2 Å². The van der Waals surface area contributed by atoms with E-state index in [0.29, 0.717) is 23.7 Å². The second-order valence-electron chi connectivity index (χ2n) is 6.12. The predicted octanol–water partition coefficient (Wildman–Crippen LogP) is 3.84. The maximum Gasteiger partial charge on any atom is 0.222 e. The number of hydrogen-bond acceptors (Lipinski definition) is 5. The van der Waals surface area contributed by atoms with Gasteiger partial charge in [0.25, 0.3) is 0 Å². The minimum absolute atomic E-state index is 0.00417. The van der Waals surface area contributed by atoms with Crippen molar-refractivity contribution in [3.05, 3.63) is 82.3 Å². The summed E-state index contributed by atoms with van der Waals surface area (Å²) < 4.78 is 5.98. The molecule has 0 amide bonds. The minimum Gasteiger partial charge on any atom is -0.438 e. The van der Waals surface area contributed by atoms with E-state index >= 15 is 0 Å². The Hall–Kier alpha value is -3.23. The molecule has 0 unspecified atom stereocenters. The molecule has 3 aromatic rings. The van der Waals surface area contributed by atoms with Crippen LogP contribution in [-0.4, -0.2) is 15.1 Å². The Morgan fingerprint density at radius 3 is 2.35 bits per heavy atom. The average molecular weight is 345 g/mol. The normalized spacial score (nSPS) is 10.4. The highest BCUT2D eigenvalue weighted by Crippen LogP contribution is 2.29. The number of aryl methyl sites for hydroxylation is 2. The summed E-state index contributed by atoms with van der Waals surface area (Å²) in [6.07, 6.45) is 2.23. The second-order valence-corrected chi connectivity index (χ2v) is 6.12. The SMILES string of the molecule is Cc1cc(CO)cc(C)c1Oc1ccnc(Cc2ccc(C#N)cc2)n1. The Morgan fingerprint density at radius 2 is 1.73 bits per heavy atom. The number of ether oxygens (including phenoxy) is 1. The van der Waals surface area contributed by atoms with Crippen LogP contribution in [0.15, 0.2) is 48.7 Å². The fourth-order valence-corrected chi connectivity index (χ4v) is 2.80. The fourth-order valence-electron chi connectivity index (χ4n) is 2.80. The lowest BCUT2D eigenvalue weighted by Gasteiger charge is -2.13. The molecule has 0 aliphatic rings. The molecule has 130 valence electrons. The topological polar surface area (TPSA) is 79.0 Å². The lowest BCUT2D eigenvalue weighted by Crippen LogP contribution is -2.00. The van der Waals surface area contributed by atoms with Crippen molar-refractivity contribution in [2.75, 3.05) is 0 Å². The molecule has 0 aliphatic heterocycles. The summed E-state index contributed by atoms with van der Waals surface area (Å²) in [4.78, 5) is 8.78. The van der Waals surface area contributed by atoms with E-state index in [1.54, 1.807) is 24.4 Å². The van der Waals surface area contributed by atoms with Crippen LogP contribution >= 0.6 is 0 Å². The number of aromatic nitrogens is 2. The zero-order valence-corrected chi connectivity index (χ0v) is 14.7. The van der Waals surface area contributed by atoms with Crippen molar-refractivity contribution in [1.82, 2.24) is 9.97 Å². The van der Waals surface area contributed by atoms with Gasteiger partial charge in [0.05, 0.1) is 18.2 Å². The van der Waals surface area contributed by atoms with Crippen molar-refractivity contribution in [3.8, 4) is 17.7 Å². The molecular weight excluding hydrogens is 326 g/mol. The van der Waals surface area contributed by atoms with Crippen molar-refractivity contribution < 1.29 is 9.84 Å². The highest BCUT2D eigenvalue weighted by Gasteiger charge is 2.09. The third-order valence-corrected chi connectivity index (χ3v) is 4.03. The Labute approximate surface area is 152 Å². The summed E-state index contributed by atoms with van der Waals surface area (Å²) in [5, 5.41) is 18.2. The Balaban J connectivity index is 1.80. The highest BCUT2D eigenvalue weighted by molar-refractivity contribution is 5.45. The van der Waals surface area contributed by atoms with Crippen LogP contribution in [0.5, 0.6) is 11.6 Å². The smallest absolute Gasteiger partial charge is 0.222 e. The summed E-state index contributed by atoms with van der Waals surface area (Å²) in [5.74, 6) is 1.87. The van der Waals surface area contributed by atoms with Crippen molar-refractivity contribution in [2.45, 2.75) is 26.9 Å². The van der Waals surface area contributed by atoms with Crippen LogP contribution in [0.4, 0.5) is 0 Å². The molecule has 5 heteroatoms. The molecular formula is C21H19N3O2. The second kappa shape index (κ2) is 7.77. The van der Waals surface area contributed by atoms with Gasteiger partial charge in [-0.25, -0.2) is 4.98 Å². The highest BCUT2D eigenvalue weighted by atomic mass is 16.5. The molecule has 5 nitrogen and oxygen atoms in total. The number of rotatable bonds is 5. The lowest BCUT2D eigenvalue weighted by atomic mass is 10.1. The van der Waals surface area contributed by atoms with Crippen LogP contribution < -0.4 is 4.74 Å². The summed E-state index contributed by atoms with van der Waals surface area (Å²) in [7, 11) is 0. The molecule has 26 heavy (non-hydrogen) atoms. The van der Waals surface area contributed by atoms with Gasteiger partial charge in [-0.3, -0.25) is 0 Å². The van der Waals surface area contributed by atoms with Crippen molar-refractivity contribution in [3.63, 3.8) is 0 Å². The van der Waals surface area contributed by atoms with Crippen molar-refractivity contribution >= 4 is 0 Å². The first-order valence-corrected chi connectivity index (χ1v) is 8.29. The van der Waals surface area contributed by atoms with Gasteiger partial charge in [-0.2, -0.15) is 10.2 Å². The van der Waals surface area contributed by atoms with E-state index in [1.165, 1.54) is 0 Å². The molecule has 0 bridgehead atoms. The van der Waals surface area contributed by atoms with Gasteiger partial charge in [-0.15, -0.1) is 0 Å². The molecule has 0 saturated heterocycles. The molecule has 0 saturated carbocycles. The first-order chi connectivity index (χ1) is 12.6. The first kappa shape index (κ1) is 17.6. The standard InChI is InChI=1S/C21H19N3O2/c1-14-9-18(13-25)10-15(2)21(14)26-20-7-8-23-19(24-20)11-16-3-5-17(12-22)6-4-16/h3-10,25H,11,13H2,1-2H3. The maximum atomic E-state index is 9.30. The van der Waals surface area contributed by atoms with E-state index in [9.17, 15) is 5.11 Å². The van der Waals surface area contributed by atoms with Gasteiger partial charge in [0.2, 0.25) is 5.88 Å².